The van der Waals surface area contributed by atoms with Gasteiger partial charge in [-0.3, -0.25) is 4.90 Å². The van der Waals surface area contributed by atoms with E-state index >= 15 is 0 Å². The quantitative estimate of drug-likeness (QED) is 0.819. The molecule has 2 aliphatic rings. The fraction of sp³-hybridized carbons (Fsp3) is 0.611. The molecule has 0 unspecified atom stereocenters. The summed E-state index contributed by atoms with van der Waals surface area (Å²) in [5, 5.41) is 3.68. The van der Waals surface area contributed by atoms with Crippen molar-refractivity contribution < 1.29 is 9.53 Å². The molecule has 0 spiro atoms. The molecule has 1 saturated heterocycles. The first-order chi connectivity index (χ1) is 10.7. The third-order valence-corrected chi connectivity index (χ3v) is 4.93. The molecule has 1 N–H and O–H groups in total. The van der Waals surface area contributed by atoms with E-state index in [1.165, 1.54) is 38.6 Å². The minimum Gasteiger partial charge on any atom is -0.465 e. The van der Waals surface area contributed by atoms with Crippen LogP contribution in [-0.4, -0.2) is 43.7 Å². The van der Waals surface area contributed by atoms with Crippen molar-refractivity contribution in [2.45, 2.75) is 32.4 Å². The first-order valence-corrected chi connectivity index (χ1v) is 8.28. The van der Waals surface area contributed by atoms with Crippen LogP contribution in [0.25, 0.3) is 0 Å². The van der Waals surface area contributed by atoms with E-state index in [1.54, 1.807) is 0 Å². The lowest BCUT2D eigenvalue weighted by Crippen LogP contribution is -2.28. The van der Waals surface area contributed by atoms with E-state index in [0.29, 0.717) is 5.56 Å². The normalized spacial score (nSPS) is 27.8. The van der Waals surface area contributed by atoms with Gasteiger partial charge in [-0.25, -0.2) is 4.79 Å². The first kappa shape index (κ1) is 15.5. The van der Waals surface area contributed by atoms with Crippen LogP contribution in [0, 0.1) is 11.8 Å². The minimum absolute atomic E-state index is 0.270. The van der Waals surface area contributed by atoms with Crippen molar-refractivity contribution in [2.75, 3.05) is 26.7 Å². The molecule has 2 fully saturated rings. The van der Waals surface area contributed by atoms with E-state index in [1.807, 2.05) is 24.3 Å². The third-order valence-electron chi connectivity index (χ3n) is 4.93. The molecule has 4 nitrogen and oxygen atoms in total. The Morgan fingerprint density at radius 3 is 2.73 bits per heavy atom. The number of hydrogen-bond donors (Lipinski definition) is 1. The maximum absolute atomic E-state index is 11.4. The molecular weight excluding hydrogens is 276 g/mol. The third kappa shape index (κ3) is 3.87. The monoisotopic (exact) mass is 302 g/mol. The van der Waals surface area contributed by atoms with Gasteiger partial charge in [-0.2, -0.15) is 0 Å². The number of esters is 1. The molecule has 22 heavy (non-hydrogen) atoms. The summed E-state index contributed by atoms with van der Waals surface area (Å²) < 4.78 is 4.73. The maximum Gasteiger partial charge on any atom is 0.337 e. The van der Waals surface area contributed by atoms with Gasteiger partial charge >= 0.3 is 5.97 Å². The van der Waals surface area contributed by atoms with Gasteiger partial charge in [0.2, 0.25) is 0 Å². The summed E-state index contributed by atoms with van der Waals surface area (Å²) in [6, 6.07) is 8.54. The van der Waals surface area contributed by atoms with Gasteiger partial charge in [0, 0.05) is 19.1 Å². The molecular formula is C18H26N2O2. The summed E-state index contributed by atoms with van der Waals surface area (Å²) >= 11 is 0. The van der Waals surface area contributed by atoms with Gasteiger partial charge in [0.1, 0.15) is 0 Å². The number of carbonyl (C=O) groups is 1. The Kier molecular flexibility index (Phi) is 4.79. The van der Waals surface area contributed by atoms with Gasteiger partial charge in [-0.05, 0) is 55.5 Å². The molecule has 0 radical (unpaired) electrons. The number of methoxy groups -OCH3 is 1. The average molecular weight is 302 g/mol. The zero-order valence-corrected chi connectivity index (χ0v) is 13.5. The Morgan fingerprint density at radius 1 is 1.36 bits per heavy atom. The molecule has 4 heteroatoms. The number of hydrogen-bond acceptors (Lipinski definition) is 4. The van der Waals surface area contributed by atoms with E-state index in [-0.39, 0.29) is 5.97 Å². The Bertz CT molecular complexity index is 514. The molecule has 3 rings (SSSR count). The molecule has 0 aromatic heterocycles. The van der Waals surface area contributed by atoms with Crippen LogP contribution in [-0.2, 0) is 11.3 Å². The van der Waals surface area contributed by atoms with Crippen molar-refractivity contribution >= 4 is 5.97 Å². The number of benzene rings is 1. The highest BCUT2D eigenvalue weighted by molar-refractivity contribution is 5.89. The molecule has 1 heterocycles. The van der Waals surface area contributed by atoms with E-state index in [9.17, 15) is 4.79 Å². The predicted octanol–water partition coefficient (Wildman–Crippen LogP) is 2.29. The Balaban J connectivity index is 1.44. The lowest BCUT2D eigenvalue weighted by molar-refractivity contribution is 0.0600. The summed E-state index contributed by atoms with van der Waals surface area (Å²) in [6.07, 6.45) is 2.64. The number of nitrogens with zero attached hydrogens (tertiary/aromatic N) is 1. The molecule has 0 bridgehead atoms. The topological polar surface area (TPSA) is 41.6 Å². The molecule has 1 saturated carbocycles. The molecule has 1 aliphatic heterocycles. The van der Waals surface area contributed by atoms with Crippen molar-refractivity contribution in [3.8, 4) is 0 Å². The standard InChI is InChI=1S/C18H26N2O2/c1-13-9-17(13)19-10-15-7-8-20(12-15)11-14-3-5-16(6-4-14)18(21)22-2/h3-6,13,15,17,19H,7-12H2,1-2H3/t13-,15+,17-/m1/s1. The van der Waals surface area contributed by atoms with Gasteiger partial charge in [0.25, 0.3) is 0 Å². The highest BCUT2D eigenvalue weighted by Gasteiger charge is 2.33. The fourth-order valence-electron chi connectivity index (χ4n) is 3.27. The van der Waals surface area contributed by atoms with Crippen LogP contribution in [0.1, 0.15) is 35.7 Å². The number of rotatable bonds is 6. The van der Waals surface area contributed by atoms with Gasteiger partial charge in [0.05, 0.1) is 12.7 Å². The maximum atomic E-state index is 11.4. The van der Waals surface area contributed by atoms with Crippen molar-refractivity contribution in [3.63, 3.8) is 0 Å². The average Bonchev–Trinajstić information content (AvgIpc) is 3.06. The van der Waals surface area contributed by atoms with Crippen LogP contribution in [0.2, 0.25) is 0 Å². The Labute approximate surface area is 132 Å². The van der Waals surface area contributed by atoms with Crippen molar-refractivity contribution in [3.05, 3.63) is 35.4 Å². The predicted molar refractivity (Wildman–Crippen MR) is 86.7 cm³/mol. The van der Waals surface area contributed by atoms with Gasteiger partial charge < -0.3 is 10.1 Å². The molecule has 120 valence electrons. The molecule has 3 atom stereocenters. The van der Waals surface area contributed by atoms with E-state index in [2.05, 4.69) is 17.1 Å². The van der Waals surface area contributed by atoms with E-state index < -0.39 is 0 Å². The zero-order valence-electron chi connectivity index (χ0n) is 13.5. The summed E-state index contributed by atoms with van der Waals surface area (Å²) in [5.41, 5.74) is 1.88. The van der Waals surface area contributed by atoms with E-state index in [4.69, 9.17) is 4.74 Å². The molecule has 1 aromatic carbocycles. The number of nitrogens with one attached hydrogen (secondary N) is 1. The van der Waals surface area contributed by atoms with Crippen LogP contribution in [0.15, 0.2) is 24.3 Å². The highest BCUT2D eigenvalue weighted by atomic mass is 16.5. The van der Waals surface area contributed by atoms with Gasteiger partial charge in [-0.1, -0.05) is 19.1 Å². The van der Waals surface area contributed by atoms with Crippen LogP contribution in [0.4, 0.5) is 0 Å². The number of ether oxygens (including phenoxy) is 1. The zero-order chi connectivity index (χ0) is 15.5. The second-order valence-electron chi connectivity index (χ2n) is 6.81. The summed E-state index contributed by atoms with van der Waals surface area (Å²) in [4.78, 5) is 13.9. The van der Waals surface area contributed by atoms with Crippen LogP contribution >= 0.6 is 0 Å². The van der Waals surface area contributed by atoms with Crippen LogP contribution in [0.3, 0.4) is 0 Å². The summed E-state index contributed by atoms with van der Waals surface area (Å²) in [7, 11) is 1.41. The number of likely N-dealkylation sites (tertiary alicyclic amines) is 1. The second kappa shape index (κ2) is 6.80. The Hall–Kier alpha value is -1.39. The first-order valence-electron chi connectivity index (χ1n) is 8.28. The second-order valence-corrected chi connectivity index (χ2v) is 6.81. The summed E-state index contributed by atoms with van der Waals surface area (Å²) in [6.45, 7) is 6.79. The molecule has 0 amide bonds. The molecule has 1 aromatic rings. The van der Waals surface area contributed by atoms with Gasteiger partial charge in [-0.15, -0.1) is 0 Å². The smallest absolute Gasteiger partial charge is 0.337 e. The highest BCUT2D eigenvalue weighted by Crippen LogP contribution is 2.29. The van der Waals surface area contributed by atoms with Crippen LogP contribution in [0.5, 0.6) is 0 Å². The molecule has 1 aliphatic carbocycles. The van der Waals surface area contributed by atoms with Crippen LogP contribution < -0.4 is 5.32 Å². The Morgan fingerprint density at radius 2 is 2.09 bits per heavy atom. The largest absolute Gasteiger partial charge is 0.465 e. The fourth-order valence-corrected chi connectivity index (χ4v) is 3.27. The lowest BCUT2D eigenvalue weighted by atomic mass is 10.1. The van der Waals surface area contributed by atoms with Crippen molar-refractivity contribution in [1.82, 2.24) is 10.2 Å². The summed E-state index contributed by atoms with van der Waals surface area (Å²) in [5.74, 6) is 1.39. The van der Waals surface area contributed by atoms with E-state index in [0.717, 1.165) is 31.0 Å². The minimum atomic E-state index is -0.270. The van der Waals surface area contributed by atoms with Gasteiger partial charge in [0.15, 0.2) is 0 Å². The lowest BCUT2D eigenvalue weighted by Gasteiger charge is -2.16. The SMILES string of the molecule is COC(=O)c1ccc(CN2CC[C@@H](CN[C@@H]3C[C@H]3C)C2)cc1. The van der Waals surface area contributed by atoms with Crippen molar-refractivity contribution in [2.24, 2.45) is 11.8 Å². The van der Waals surface area contributed by atoms with Crippen molar-refractivity contribution in [1.29, 1.82) is 0 Å². The number of carbonyl (C=O) groups excluding carboxylic acids is 1.